The van der Waals surface area contributed by atoms with E-state index in [1.54, 1.807) is 48.4 Å². The molecule has 0 aliphatic carbocycles. The van der Waals surface area contributed by atoms with Gasteiger partial charge >= 0.3 is 0 Å². The fourth-order valence-corrected chi connectivity index (χ4v) is 4.21. The Morgan fingerprint density at radius 1 is 1.34 bits per heavy atom. The summed E-state index contributed by atoms with van der Waals surface area (Å²) in [5, 5.41) is 4.14. The van der Waals surface area contributed by atoms with Crippen molar-refractivity contribution in [3.8, 4) is 0 Å². The van der Waals surface area contributed by atoms with Crippen LogP contribution in [0.3, 0.4) is 0 Å². The van der Waals surface area contributed by atoms with Crippen molar-refractivity contribution in [2.75, 3.05) is 18.4 Å². The van der Waals surface area contributed by atoms with Gasteiger partial charge in [-0.15, -0.1) is 11.3 Å². The van der Waals surface area contributed by atoms with E-state index in [0.29, 0.717) is 12.4 Å². The van der Waals surface area contributed by atoms with Crippen LogP contribution in [0.25, 0.3) is 6.08 Å². The molecule has 8 nitrogen and oxygen atoms in total. The van der Waals surface area contributed by atoms with Crippen molar-refractivity contribution < 1.29 is 4.79 Å². The normalized spacial score (nSPS) is 17.0. The first-order chi connectivity index (χ1) is 14.1. The van der Waals surface area contributed by atoms with E-state index < -0.39 is 0 Å². The molecular weight excluding hydrogens is 386 g/mol. The third-order valence-corrected chi connectivity index (χ3v) is 6.01. The average Bonchev–Trinajstić information content (AvgIpc) is 3.36. The van der Waals surface area contributed by atoms with Crippen molar-refractivity contribution in [2.24, 2.45) is 0 Å². The van der Waals surface area contributed by atoms with E-state index in [1.807, 2.05) is 11.8 Å². The molecule has 150 valence electrons. The van der Waals surface area contributed by atoms with Crippen molar-refractivity contribution in [1.82, 2.24) is 29.8 Å². The molecular formula is C20H23N7OS. The zero-order valence-corrected chi connectivity index (χ0v) is 17.2. The molecule has 0 aromatic carbocycles. The molecule has 1 saturated heterocycles. The molecule has 1 amide bonds. The first-order valence-corrected chi connectivity index (χ1v) is 10.4. The van der Waals surface area contributed by atoms with Gasteiger partial charge in [0.2, 0.25) is 5.91 Å². The highest BCUT2D eigenvalue weighted by Gasteiger charge is 2.27. The number of hydrogen-bond donors (Lipinski definition) is 2. The number of nitrogens with one attached hydrogen (secondary N) is 2. The average molecular weight is 410 g/mol. The number of nitrogens with zero attached hydrogens (tertiary/aromatic N) is 5. The van der Waals surface area contributed by atoms with Gasteiger partial charge in [-0.1, -0.05) is 0 Å². The summed E-state index contributed by atoms with van der Waals surface area (Å²) in [6, 6.07) is 0. The predicted molar refractivity (Wildman–Crippen MR) is 113 cm³/mol. The fraction of sp³-hybridized carbons (Fsp3) is 0.350. The summed E-state index contributed by atoms with van der Waals surface area (Å²) >= 11 is 1.60. The predicted octanol–water partition coefficient (Wildman–Crippen LogP) is 3.44. The van der Waals surface area contributed by atoms with Gasteiger partial charge in [0.15, 0.2) is 10.9 Å². The second kappa shape index (κ2) is 8.52. The van der Waals surface area contributed by atoms with Gasteiger partial charge in [-0.2, -0.15) is 0 Å². The Balaban J connectivity index is 1.49. The SMILES string of the molecule is Cc1nc(Nc2nccnc2[C@H]2CCCN(C(=O)/C=C/c3cnc[nH]3)C2)sc1C. The highest BCUT2D eigenvalue weighted by molar-refractivity contribution is 7.15. The summed E-state index contributed by atoms with van der Waals surface area (Å²) < 4.78 is 0. The molecule has 0 radical (unpaired) electrons. The second-order valence-electron chi connectivity index (χ2n) is 7.04. The van der Waals surface area contributed by atoms with Gasteiger partial charge in [0.25, 0.3) is 0 Å². The maximum Gasteiger partial charge on any atom is 0.246 e. The molecule has 4 heterocycles. The van der Waals surface area contributed by atoms with Crippen LogP contribution in [0.4, 0.5) is 10.9 Å². The Labute approximate surface area is 173 Å². The minimum Gasteiger partial charge on any atom is -0.345 e. The standard InChI is InChI=1S/C20H23N7OS/c1-13-14(2)29-20(25-13)26-19-18(22-7-8-23-19)15-4-3-9-27(11-15)17(28)6-5-16-10-21-12-24-16/h5-8,10,12,15H,3-4,9,11H2,1-2H3,(H,21,24)(H,23,25,26)/b6-5+/t15-/m0/s1. The number of aromatic nitrogens is 5. The quantitative estimate of drug-likeness (QED) is 0.626. The zero-order valence-electron chi connectivity index (χ0n) is 16.4. The minimum absolute atomic E-state index is 0.00567. The van der Waals surface area contributed by atoms with Gasteiger partial charge in [-0.3, -0.25) is 9.78 Å². The van der Waals surface area contributed by atoms with E-state index in [2.05, 4.69) is 37.2 Å². The molecule has 0 bridgehead atoms. The van der Waals surface area contributed by atoms with Gasteiger partial charge in [0.05, 0.1) is 29.6 Å². The van der Waals surface area contributed by atoms with Crippen LogP contribution in [0.5, 0.6) is 0 Å². The van der Waals surface area contributed by atoms with Crippen LogP contribution < -0.4 is 5.32 Å². The molecule has 9 heteroatoms. The smallest absolute Gasteiger partial charge is 0.246 e. The Hall–Kier alpha value is -3.07. The van der Waals surface area contributed by atoms with Crippen LogP contribution in [0, 0.1) is 13.8 Å². The van der Waals surface area contributed by atoms with Crippen LogP contribution in [0.15, 0.2) is 31.0 Å². The van der Waals surface area contributed by atoms with Crippen LogP contribution >= 0.6 is 11.3 Å². The summed E-state index contributed by atoms with van der Waals surface area (Å²) in [4.78, 5) is 36.2. The monoisotopic (exact) mass is 409 g/mol. The van der Waals surface area contributed by atoms with E-state index in [1.165, 1.54) is 4.88 Å². The number of thiazole rings is 1. The van der Waals surface area contributed by atoms with E-state index in [0.717, 1.165) is 41.6 Å². The minimum atomic E-state index is -0.00567. The highest BCUT2D eigenvalue weighted by Crippen LogP contribution is 2.32. The van der Waals surface area contributed by atoms with Crippen LogP contribution in [-0.2, 0) is 4.79 Å². The summed E-state index contributed by atoms with van der Waals surface area (Å²) in [5.41, 5.74) is 2.70. The maximum atomic E-state index is 12.6. The number of carbonyl (C=O) groups excluding carboxylic acids is 1. The maximum absolute atomic E-state index is 12.6. The Kier molecular flexibility index (Phi) is 5.66. The Morgan fingerprint density at radius 3 is 2.97 bits per heavy atom. The van der Waals surface area contributed by atoms with Crippen molar-refractivity contribution in [1.29, 1.82) is 0 Å². The van der Waals surface area contributed by atoms with Crippen LogP contribution in [-0.4, -0.2) is 48.8 Å². The first kappa shape index (κ1) is 19.3. The molecule has 3 aromatic heterocycles. The molecule has 29 heavy (non-hydrogen) atoms. The molecule has 0 saturated carbocycles. The van der Waals surface area contributed by atoms with E-state index in [4.69, 9.17) is 0 Å². The van der Waals surface area contributed by atoms with E-state index in [9.17, 15) is 4.79 Å². The lowest BCUT2D eigenvalue weighted by Crippen LogP contribution is -2.38. The Morgan fingerprint density at radius 2 is 2.21 bits per heavy atom. The van der Waals surface area contributed by atoms with Crippen molar-refractivity contribution in [2.45, 2.75) is 32.6 Å². The largest absolute Gasteiger partial charge is 0.345 e. The molecule has 1 fully saturated rings. The molecule has 2 N–H and O–H groups in total. The first-order valence-electron chi connectivity index (χ1n) is 9.57. The Bertz CT molecular complexity index is 992. The molecule has 0 spiro atoms. The third kappa shape index (κ3) is 4.51. The summed E-state index contributed by atoms with van der Waals surface area (Å²) in [6.07, 6.45) is 11.9. The van der Waals surface area contributed by atoms with Crippen molar-refractivity contribution in [3.63, 3.8) is 0 Å². The summed E-state index contributed by atoms with van der Waals surface area (Å²) in [6.45, 7) is 5.42. The number of amides is 1. The van der Waals surface area contributed by atoms with Crippen LogP contribution in [0.1, 0.15) is 40.7 Å². The van der Waals surface area contributed by atoms with Gasteiger partial charge in [-0.05, 0) is 32.8 Å². The number of imidazole rings is 1. The number of anilines is 2. The van der Waals surface area contributed by atoms with E-state index in [-0.39, 0.29) is 11.8 Å². The highest BCUT2D eigenvalue weighted by atomic mass is 32.1. The van der Waals surface area contributed by atoms with Gasteiger partial charge in [-0.25, -0.2) is 15.0 Å². The number of piperidine rings is 1. The fourth-order valence-electron chi connectivity index (χ4n) is 3.40. The number of likely N-dealkylation sites (tertiary alicyclic amines) is 1. The number of aryl methyl sites for hydroxylation is 2. The molecule has 3 aromatic rings. The summed E-state index contributed by atoms with van der Waals surface area (Å²) in [7, 11) is 0. The number of aromatic amines is 1. The lowest BCUT2D eigenvalue weighted by molar-refractivity contribution is -0.127. The lowest BCUT2D eigenvalue weighted by Gasteiger charge is -2.32. The number of carbonyl (C=O) groups is 1. The number of rotatable bonds is 5. The molecule has 1 atom stereocenters. The topological polar surface area (TPSA) is 99.7 Å². The zero-order chi connectivity index (χ0) is 20.2. The van der Waals surface area contributed by atoms with Crippen molar-refractivity contribution >= 4 is 34.3 Å². The number of H-pyrrole nitrogens is 1. The van der Waals surface area contributed by atoms with Crippen molar-refractivity contribution in [3.05, 3.63) is 53.0 Å². The van der Waals surface area contributed by atoms with Gasteiger partial charge < -0.3 is 15.2 Å². The third-order valence-electron chi connectivity index (χ3n) is 5.03. The summed E-state index contributed by atoms with van der Waals surface area (Å²) in [5.74, 6) is 0.842. The lowest BCUT2D eigenvalue weighted by atomic mass is 9.94. The van der Waals surface area contributed by atoms with Crippen LogP contribution in [0.2, 0.25) is 0 Å². The molecule has 0 unspecified atom stereocenters. The number of hydrogen-bond acceptors (Lipinski definition) is 7. The van der Waals surface area contributed by atoms with E-state index >= 15 is 0 Å². The molecule has 1 aliphatic heterocycles. The van der Waals surface area contributed by atoms with Gasteiger partial charge in [0, 0.05) is 42.4 Å². The molecule has 1 aliphatic rings. The molecule has 4 rings (SSSR count). The second-order valence-corrected chi connectivity index (χ2v) is 8.24. The van der Waals surface area contributed by atoms with Gasteiger partial charge in [0.1, 0.15) is 0 Å².